The Morgan fingerprint density at radius 2 is 1.76 bits per heavy atom. The van der Waals surface area contributed by atoms with E-state index in [4.69, 9.17) is 11.6 Å². The van der Waals surface area contributed by atoms with Gasteiger partial charge in [0.1, 0.15) is 5.78 Å². The standard InChI is InChI=1S/C30H49ClO2/c1-19(9-12-25(33)27(4,5)31)20-13-17-30(8)22-10-11-23-26(2,3)24(32)15-16-28(23,6)21(22)14-18-29(20,30)7/h10,19-21,23,25,33H,9,11-18H2,1-8H3/t19-,20-,21-,23-,25-,28+,29+,30-/m0/s1. The van der Waals surface area contributed by atoms with E-state index in [0.29, 0.717) is 34.9 Å². The summed E-state index contributed by atoms with van der Waals surface area (Å²) in [5, 5.41) is 10.5. The highest BCUT2D eigenvalue weighted by Crippen LogP contribution is 2.73. The summed E-state index contributed by atoms with van der Waals surface area (Å²) in [6.07, 6.45) is 12.0. The van der Waals surface area contributed by atoms with Gasteiger partial charge in [0.05, 0.1) is 11.0 Å². The SMILES string of the molecule is C[C@@H](CC[C@H](O)C(C)(C)Cl)[C@@H]1CC[C@@]2(C)C3=CC[C@H]4C(C)(C)C(=O)CC[C@]4(C)[C@H]3CC[C@]12C. The predicted molar refractivity (Wildman–Crippen MR) is 138 cm³/mol. The molecule has 0 radical (unpaired) electrons. The first kappa shape index (κ1) is 25.7. The molecule has 4 aliphatic carbocycles. The minimum Gasteiger partial charge on any atom is -0.391 e. The Morgan fingerprint density at radius 3 is 2.39 bits per heavy atom. The fraction of sp³-hybridized carbons (Fsp3) is 0.900. The predicted octanol–water partition coefficient (Wildman–Crippen LogP) is 7.96. The molecular formula is C30H49ClO2. The van der Waals surface area contributed by atoms with Crippen molar-refractivity contribution >= 4 is 17.4 Å². The minimum absolute atomic E-state index is 0.194. The zero-order valence-corrected chi connectivity index (χ0v) is 23.3. The maximum absolute atomic E-state index is 12.8. The van der Waals surface area contributed by atoms with E-state index in [1.54, 1.807) is 5.57 Å². The van der Waals surface area contributed by atoms with Crippen molar-refractivity contribution in [1.29, 1.82) is 0 Å². The molecule has 0 aromatic heterocycles. The van der Waals surface area contributed by atoms with Crippen LogP contribution in [-0.4, -0.2) is 21.9 Å². The molecule has 8 atom stereocenters. The van der Waals surface area contributed by atoms with Crippen molar-refractivity contribution in [2.45, 2.75) is 124 Å². The van der Waals surface area contributed by atoms with E-state index in [1.165, 1.54) is 25.7 Å². The number of aliphatic hydroxyl groups is 1. The second-order valence-electron chi connectivity index (χ2n) is 14.2. The van der Waals surface area contributed by atoms with Crippen LogP contribution < -0.4 is 0 Å². The lowest BCUT2D eigenvalue weighted by Gasteiger charge is -2.63. The van der Waals surface area contributed by atoms with Crippen LogP contribution in [0.3, 0.4) is 0 Å². The number of halogens is 1. The van der Waals surface area contributed by atoms with E-state index in [1.807, 2.05) is 13.8 Å². The number of rotatable bonds is 5. The van der Waals surface area contributed by atoms with Crippen molar-refractivity contribution in [3.63, 3.8) is 0 Å². The van der Waals surface area contributed by atoms with Gasteiger partial charge in [-0.1, -0.05) is 53.2 Å². The van der Waals surface area contributed by atoms with Crippen LogP contribution in [0.15, 0.2) is 11.6 Å². The number of carbonyl (C=O) groups excluding carboxylic acids is 1. The Bertz CT molecular complexity index is 822. The third kappa shape index (κ3) is 3.71. The minimum atomic E-state index is -0.556. The van der Waals surface area contributed by atoms with Crippen LogP contribution in [0, 0.1) is 45.3 Å². The van der Waals surface area contributed by atoms with Crippen molar-refractivity contribution in [2.75, 3.05) is 0 Å². The summed E-state index contributed by atoms with van der Waals surface area (Å²) in [7, 11) is 0. The molecule has 4 rings (SSSR count). The lowest BCUT2D eigenvalue weighted by Crippen LogP contribution is -2.57. The molecule has 2 nitrogen and oxygen atoms in total. The number of aliphatic hydroxyl groups excluding tert-OH is 1. The van der Waals surface area contributed by atoms with Crippen LogP contribution in [-0.2, 0) is 4.79 Å². The largest absolute Gasteiger partial charge is 0.391 e. The van der Waals surface area contributed by atoms with E-state index in [-0.39, 0.29) is 16.2 Å². The van der Waals surface area contributed by atoms with Gasteiger partial charge in [-0.15, -0.1) is 11.6 Å². The number of Topliss-reactive ketones (excluding diaryl/α,β-unsaturated/α-hetero) is 1. The van der Waals surface area contributed by atoms with E-state index < -0.39 is 11.0 Å². The molecule has 0 amide bonds. The average Bonchev–Trinajstić information content (AvgIpc) is 3.00. The van der Waals surface area contributed by atoms with Gasteiger partial charge in [0.15, 0.2) is 0 Å². The summed E-state index contributed by atoms with van der Waals surface area (Å²) in [5.41, 5.74) is 2.39. The lowest BCUT2D eigenvalue weighted by molar-refractivity contribution is -0.146. The third-order valence-corrected chi connectivity index (χ3v) is 12.3. The Kier molecular flexibility index (Phi) is 6.31. The second-order valence-corrected chi connectivity index (χ2v) is 15.2. The van der Waals surface area contributed by atoms with E-state index in [9.17, 15) is 9.90 Å². The number of fused-ring (bicyclic) bond motifs is 5. The average molecular weight is 477 g/mol. The number of carbonyl (C=O) groups is 1. The molecule has 3 fully saturated rings. The third-order valence-electron chi connectivity index (χ3n) is 12.0. The van der Waals surface area contributed by atoms with E-state index in [2.05, 4.69) is 47.6 Å². The Hall–Kier alpha value is -0.340. The van der Waals surface area contributed by atoms with Gasteiger partial charge in [-0.3, -0.25) is 4.79 Å². The molecule has 0 saturated heterocycles. The van der Waals surface area contributed by atoms with Crippen molar-refractivity contribution in [1.82, 2.24) is 0 Å². The zero-order valence-electron chi connectivity index (χ0n) is 22.6. The van der Waals surface area contributed by atoms with Gasteiger partial charge >= 0.3 is 0 Å². The zero-order chi connectivity index (χ0) is 24.6. The molecule has 188 valence electrons. The molecular weight excluding hydrogens is 428 g/mol. The molecule has 0 heterocycles. The van der Waals surface area contributed by atoms with Crippen LogP contribution in [0.25, 0.3) is 0 Å². The molecule has 33 heavy (non-hydrogen) atoms. The number of hydrogen-bond donors (Lipinski definition) is 1. The lowest BCUT2D eigenvalue weighted by atomic mass is 9.41. The Balaban J connectivity index is 1.59. The van der Waals surface area contributed by atoms with Gasteiger partial charge in [0, 0.05) is 11.8 Å². The molecule has 3 saturated carbocycles. The van der Waals surface area contributed by atoms with E-state index >= 15 is 0 Å². The maximum atomic E-state index is 12.8. The number of allylic oxidation sites excluding steroid dienone is 2. The van der Waals surface area contributed by atoms with Crippen molar-refractivity contribution in [3.05, 3.63) is 11.6 Å². The molecule has 1 N–H and O–H groups in total. The highest BCUT2D eigenvalue weighted by molar-refractivity contribution is 6.23. The normalized spacial score (nSPS) is 44.4. The van der Waals surface area contributed by atoms with Gasteiger partial charge < -0.3 is 5.11 Å². The number of alkyl halides is 1. The fourth-order valence-electron chi connectivity index (χ4n) is 9.43. The van der Waals surface area contributed by atoms with Crippen molar-refractivity contribution in [2.24, 2.45) is 45.3 Å². The Labute approximate surface area is 208 Å². The van der Waals surface area contributed by atoms with Crippen molar-refractivity contribution < 1.29 is 9.90 Å². The van der Waals surface area contributed by atoms with Gasteiger partial charge in [0.25, 0.3) is 0 Å². The van der Waals surface area contributed by atoms with E-state index in [0.717, 1.165) is 32.1 Å². The van der Waals surface area contributed by atoms with Crippen LogP contribution in [0.5, 0.6) is 0 Å². The molecule has 0 unspecified atom stereocenters. The van der Waals surface area contributed by atoms with Crippen LogP contribution in [0.2, 0.25) is 0 Å². The molecule has 4 aliphatic rings. The quantitative estimate of drug-likeness (QED) is 0.322. The summed E-state index contributed by atoms with van der Waals surface area (Å²) >= 11 is 6.38. The first-order chi connectivity index (χ1) is 15.1. The highest BCUT2D eigenvalue weighted by atomic mass is 35.5. The first-order valence-corrected chi connectivity index (χ1v) is 14.1. The number of ketones is 1. The molecule has 3 heteroatoms. The topological polar surface area (TPSA) is 37.3 Å². The van der Waals surface area contributed by atoms with Crippen LogP contribution >= 0.6 is 11.6 Å². The molecule has 0 aromatic carbocycles. The maximum Gasteiger partial charge on any atom is 0.138 e. The summed E-state index contributed by atoms with van der Waals surface area (Å²) in [6, 6.07) is 0. The summed E-state index contributed by atoms with van der Waals surface area (Å²) < 4.78 is 0. The van der Waals surface area contributed by atoms with Gasteiger partial charge in [-0.05, 0) is 105 Å². The van der Waals surface area contributed by atoms with Crippen LogP contribution in [0.4, 0.5) is 0 Å². The van der Waals surface area contributed by atoms with Gasteiger partial charge in [0.2, 0.25) is 0 Å². The molecule has 0 aromatic rings. The van der Waals surface area contributed by atoms with Crippen LogP contribution in [0.1, 0.15) is 113 Å². The molecule has 0 bridgehead atoms. The van der Waals surface area contributed by atoms with Gasteiger partial charge in [-0.2, -0.15) is 0 Å². The molecule has 0 aliphatic heterocycles. The van der Waals surface area contributed by atoms with Crippen molar-refractivity contribution in [3.8, 4) is 0 Å². The summed E-state index contributed by atoms with van der Waals surface area (Å²) in [6.45, 7) is 18.4. The van der Waals surface area contributed by atoms with Gasteiger partial charge in [-0.25, -0.2) is 0 Å². The second kappa shape index (κ2) is 8.09. The highest BCUT2D eigenvalue weighted by Gasteiger charge is 2.65. The first-order valence-electron chi connectivity index (χ1n) is 13.7. The summed E-state index contributed by atoms with van der Waals surface area (Å²) in [5.74, 6) is 2.88. The fourth-order valence-corrected chi connectivity index (χ4v) is 9.54. The smallest absolute Gasteiger partial charge is 0.138 e. The summed E-state index contributed by atoms with van der Waals surface area (Å²) in [4.78, 5) is 12.3. The Morgan fingerprint density at radius 1 is 1.09 bits per heavy atom. The molecule has 0 spiro atoms. The monoisotopic (exact) mass is 476 g/mol. The number of hydrogen-bond acceptors (Lipinski definition) is 2.